The van der Waals surface area contributed by atoms with Crippen molar-refractivity contribution in [2.45, 2.75) is 30.9 Å². The second-order valence-corrected chi connectivity index (χ2v) is 8.92. The van der Waals surface area contributed by atoms with Gasteiger partial charge < -0.3 is 14.6 Å². The number of carbonyl (C=O) groups excluding carboxylic acids is 1. The van der Waals surface area contributed by atoms with Crippen LogP contribution in [0.2, 0.25) is 0 Å². The lowest BCUT2D eigenvalue weighted by atomic mass is 10.2. The van der Waals surface area contributed by atoms with Gasteiger partial charge in [-0.05, 0) is 65.2 Å². The highest BCUT2D eigenvalue weighted by atomic mass is 79.9. The van der Waals surface area contributed by atoms with Gasteiger partial charge >= 0.3 is 0 Å². The van der Waals surface area contributed by atoms with E-state index in [-0.39, 0.29) is 11.7 Å². The van der Waals surface area contributed by atoms with E-state index in [0.717, 1.165) is 28.8 Å². The van der Waals surface area contributed by atoms with Gasteiger partial charge in [0.15, 0.2) is 0 Å². The van der Waals surface area contributed by atoms with Crippen LogP contribution in [0.1, 0.15) is 25.7 Å². The first-order valence-corrected chi connectivity index (χ1v) is 11.8. The Kier molecular flexibility index (Phi) is 7.07. The van der Waals surface area contributed by atoms with Crippen LogP contribution in [0.15, 0.2) is 62.6 Å². The molecule has 0 atom stereocenters. The predicted molar refractivity (Wildman–Crippen MR) is 124 cm³/mol. The van der Waals surface area contributed by atoms with Crippen molar-refractivity contribution in [1.29, 1.82) is 0 Å². The van der Waals surface area contributed by atoms with Crippen molar-refractivity contribution in [2.24, 2.45) is 0 Å². The van der Waals surface area contributed by atoms with Gasteiger partial charge in [-0.3, -0.25) is 4.79 Å². The maximum Gasteiger partial charge on any atom is 0.277 e. The maximum absolute atomic E-state index is 12.3. The molecule has 1 fully saturated rings. The van der Waals surface area contributed by atoms with Crippen LogP contribution < -0.4 is 10.2 Å². The number of thioether (sulfide) groups is 1. The van der Waals surface area contributed by atoms with Gasteiger partial charge in [-0.2, -0.15) is 0 Å². The first-order valence-electron chi connectivity index (χ1n) is 10.0. The molecule has 0 bridgehead atoms. The molecule has 1 saturated heterocycles. The number of amides is 1. The van der Waals surface area contributed by atoms with E-state index in [0.29, 0.717) is 11.1 Å². The van der Waals surface area contributed by atoms with Crippen molar-refractivity contribution in [3.63, 3.8) is 0 Å². The summed E-state index contributed by atoms with van der Waals surface area (Å²) in [4.78, 5) is 14.7. The first kappa shape index (κ1) is 20.9. The minimum Gasteiger partial charge on any atom is -0.411 e. The molecule has 0 radical (unpaired) electrons. The average Bonchev–Trinajstić information content (AvgIpc) is 3.06. The molecular formula is C22H23BrN4O2S. The molecule has 2 heterocycles. The number of hydrogen-bond acceptors (Lipinski definition) is 6. The first-order chi connectivity index (χ1) is 14.7. The molecule has 1 aliphatic heterocycles. The molecule has 2 aromatic carbocycles. The van der Waals surface area contributed by atoms with Crippen molar-refractivity contribution in [2.75, 3.05) is 29.1 Å². The van der Waals surface area contributed by atoms with Crippen LogP contribution >= 0.6 is 27.7 Å². The monoisotopic (exact) mass is 486 g/mol. The van der Waals surface area contributed by atoms with E-state index < -0.39 is 0 Å². The highest BCUT2D eigenvalue weighted by Gasteiger charge is 2.14. The Morgan fingerprint density at radius 3 is 2.50 bits per heavy atom. The molecule has 156 valence electrons. The van der Waals surface area contributed by atoms with Gasteiger partial charge in [0.1, 0.15) is 0 Å². The third-order valence-corrected chi connectivity index (χ3v) is 6.47. The van der Waals surface area contributed by atoms with Crippen molar-refractivity contribution >= 4 is 45.0 Å². The van der Waals surface area contributed by atoms with Gasteiger partial charge in [0.05, 0.1) is 11.3 Å². The van der Waals surface area contributed by atoms with E-state index in [2.05, 4.69) is 48.5 Å². The molecule has 4 rings (SSSR count). The summed E-state index contributed by atoms with van der Waals surface area (Å²) in [5.41, 5.74) is 2.83. The Balaban J connectivity index is 1.29. The number of halogens is 1. The minimum absolute atomic E-state index is 0.108. The third kappa shape index (κ3) is 5.43. The summed E-state index contributed by atoms with van der Waals surface area (Å²) in [6.45, 7) is 2.21. The molecule has 1 amide bonds. The summed E-state index contributed by atoms with van der Waals surface area (Å²) >= 11 is 4.70. The Hall–Kier alpha value is -2.32. The molecule has 30 heavy (non-hydrogen) atoms. The molecule has 3 aromatic rings. The lowest BCUT2D eigenvalue weighted by molar-refractivity contribution is -0.113. The van der Waals surface area contributed by atoms with Crippen LogP contribution in [0.3, 0.4) is 0 Å². The van der Waals surface area contributed by atoms with E-state index in [9.17, 15) is 4.79 Å². The van der Waals surface area contributed by atoms with Crippen LogP contribution in [0.4, 0.5) is 11.4 Å². The molecule has 0 saturated carbocycles. The molecule has 1 N–H and O–H groups in total. The average molecular weight is 487 g/mol. The number of anilines is 2. The van der Waals surface area contributed by atoms with E-state index in [1.54, 1.807) is 0 Å². The van der Waals surface area contributed by atoms with Gasteiger partial charge in [-0.1, -0.05) is 36.7 Å². The highest BCUT2D eigenvalue weighted by molar-refractivity contribution is 9.10. The van der Waals surface area contributed by atoms with Gasteiger partial charge in [0.25, 0.3) is 5.22 Å². The van der Waals surface area contributed by atoms with Gasteiger partial charge in [-0.25, -0.2) is 0 Å². The number of aromatic nitrogens is 2. The summed E-state index contributed by atoms with van der Waals surface area (Å²) in [6, 6.07) is 15.7. The van der Waals surface area contributed by atoms with Crippen LogP contribution in [0.25, 0.3) is 11.5 Å². The fraction of sp³-hybridized carbons (Fsp3) is 0.318. The molecule has 6 nitrogen and oxygen atoms in total. The Morgan fingerprint density at radius 1 is 1.03 bits per heavy atom. The smallest absolute Gasteiger partial charge is 0.277 e. The van der Waals surface area contributed by atoms with Crippen molar-refractivity contribution in [3.8, 4) is 11.5 Å². The summed E-state index contributed by atoms with van der Waals surface area (Å²) in [7, 11) is 0. The zero-order chi connectivity index (χ0) is 20.8. The molecule has 0 unspecified atom stereocenters. The Labute approximate surface area is 188 Å². The number of carbonyl (C=O) groups is 1. The fourth-order valence-electron chi connectivity index (χ4n) is 3.42. The number of benzene rings is 2. The van der Waals surface area contributed by atoms with E-state index in [1.165, 1.54) is 43.1 Å². The van der Waals surface area contributed by atoms with Crippen LogP contribution in [0, 0.1) is 0 Å². The number of hydrogen-bond donors (Lipinski definition) is 1. The SMILES string of the molecule is O=C(CSc1nnc(-c2ccccc2Br)o1)Nc1ccc(N2CCCCCC2)cc1. The second-order valence-electron chi connectivity index (χ2n) is 7.14. The summed E-state index contributed by atoms with van der Waals surface area (Å²) < 4.78 is 6.55. The zero-order valence-electron chi connectivity index (χ0n) is 16.5. The van der Waals surface area contributed by atoms with E-state index in [4.69, 9.17) is 4.42 Å². The van der Waals surface area contributed by atoms with Gasteiger partial charge in [0, 0.05) is 28.9 Å². The van der Waals surface area contributed by atoms with Crippen molar-refractivity contribution in [1.82, 2.24) is 10.2 Å². The molecule has 8 heteroatoms. The fourth-order valence-corrected chi connectivity index (χ4v) is 4.44. The standard InChI is InChI=1S/C22H23BrN4O2S/c23-19-8-4-3-7-18(19)21-25-26-22(29-21)30-15-20(28)24-16-9-11-17(12-10-16)27-13-5-1-2-6-14-27/h3-4,7-12H,1-2,5-6,13-15H2,(H,24,28). The molecule has 0 aliphatic carbocycles. The van der Waals surface area contributed by atoms with E-state index in [1.807, 2.05) is 36.4 Å². The second kappa shape index (κ2) is 10.1. The lowest BCUT2D eigenvalue weighted by Gasteiger charge is -2.22. The normalized spacial score (nSPS) is 14.4. The van der Waals surface area contributed by atoms with Crippen molar-refractivity contribution in [3.05, 3.63) is 53.0 Å². The Bertz CT molecular complexity index is 985. The van der Waals surface area contributed by atoms with Gasteiger partial charge in [0.2, 0.25) is 11.8 Å². The molecule has 0 spiro atoms. The lowest BCUT2D eigenvalue weighted by Crippen LogP contribution is -2.23. The molecular weight excluding hydrogens is 464 g/mol. The predicted octanol–water partition coefficient (Wildman–Crippen LogP) is 5.61. The maximum atomic E-state index is 12.3. The Morgan fingerprint density at radius 2 is 1.77 bits per heavy atom. The van der Waals surface area contributed by atoms with E-state index >= 15 is 0 Å². The number of nitrogens with one attached hydrogen (secondary N) is 1. The quantitative estimate of drug-likeness (QED) is 0.456. The largest absolute Gasteiger partial charge is 0.411 e. The highest BCUT2D eigenvalue weighted by Crippen LogP contribution is 2.29. The third-order valence-electron chi connectivity index (χ3n) is 4.96. The molecule has 1 aromatic heterocycles. The van der Waals surface area contributed by atoms with Crippen LogP contribution in [0.5, 0.6) is 0 Å². The van der Waals surface area contributed by atoms with Crippen LogP contribution in [-0.2, 0) is 4.79 Å². The summed E-state index contributed by atoms with van der Waals surface area (Å²) in [5, 5.41) is 11.4. The molecule has 1 aliphatic rings. The van der Waals surface area contributed by atoms with Gasteiger partial charge in [-0.15, -0.1) is 10.2 Å². The minimum atomic E-state index is -0.108. The topological polar surface area (TPSA) is 71.3 Å². The summed E-state index contributed by atoms with van der Waals surface area (Å²) in [6.07, 6.45) is 5.11. The summed E-state index contributed by atoms with van der Waals surface area (Å²) in [5.74, 6) is 0.517. The number of rotatable bonds is 6. The zero-order valence-corrected chi connectivity index (χ0v) is 18.9. The number of nitrogens with zero attached hydrogens (tertiary/aromatic N) is 3. The van der Waals surface area contributed by atoms with Crippen LogP contribution in [-0.4, -0.2) is 34.9 Å². The van der Waals surface area contributed by atoms with Crippen molar-refractivity contribution < 1.29 is 9.21 Å².